The number of carbonyl (C=O) groups is 1. The van der Waals surface area contributed by atoms with Gasteiger partial charge in [-0.25, -0.2) is 0 Å². The molecule has 0 aliphatic rings. The summed E-state index contributed by atoms with van der Waals surface area (Å²) in [6.07, 6.45) is -0.222. The molecule has 10 heavy (non-hydrogen) atoms. The van der Waals surface area contributed by atoms with Crippen LogP contribution in [0.1, 0.15) is 12.8 Å². The van der Waals surface area contributed by atoms with Crippen LogP contribution < -0.4 is 0 Å². The van der Waals surface area contributed by atoms with Gasteiger partial charge in [0.25, 0.3) is 0 Å². The fourth-order valence-electron chi connectivity index (χ4n) is 0.426. The van der Waals surface area contributed by atoms with Crippen molar-refractivity contribution in [2.24, 2.45) is 0 Å². The topological polar surface area (TPSA) is 84.9 Å². The molecule has 1 unspecified atom stereocenters. The van der Waals surface area contributed by atoms with Gasteiger partial charge in [-0.05, 0) is 0 Å². The van der Waals surface area contributed by atoms with Crippen LogP contribution in [-0.2, 0) is 4.79 Å². The SMILES string of the molecule is N#CCC(O)(C#N)CC=O. The lowest BCUT2D eigenvalue weighted by Crippen LogP contribution is -2.25. The Hall–Kier alpha value is -1.39. The predicted molar refractivity (Wildman–Crippen MR) is 31.5 cm³/mol. The van der Waals surface area contributed by atoms with Gasteiger partial charge in [0.15, 0.2) is 5.60 Å². The normalized spacial score (nSPS) is 14.3. The van der Waals surface area contributed by atoms with Crippen molar-refractivity contribution < 1.29 is 9.90 Å². The van der Waals surface area contributed by atoms with Gasteiger partial charge in [-0.1, -0.05) is 0 Å². The molecule has 0 aliphatic carbocycles. The summed E-state index contributed by atoms with van der Waals surface area (Å²) in [5, 5.41) is 25.3. The number of carbonyl (C=O) groups excluding carboxylic acids is 1. The smallest absolute Gasteiger partial charge is 0.170 e. The second kappa shape index (κ2) is 3.60. The van der Waals surface area contributed by atoms with E-state index in [9.17, 15) is 4.79 Å². The number of aldehydes is 1. The largest absolute Gasteiger partial charge is 0.374 e. The van der Waals surface area contributed by atoms with Crippen LogP contribution in [0.15, 0.2) is 0 Å². The van der Waals surface area contributed by atoms with Crippen molar-refractivity contribution in [1.82, 2.24) is 0 Å². The number of aliphatic hydroxyl groups is 1. The minimum absolute atomic E-state index is 0.308. The van der Waals surface area contributed by atoms with Gasteiger partial charge in [-0.3, -0.25) is 0 Å². The first-order chi connectivity index (χ1) is 4.68. The lowest BCUT2D eigenvalue weighted by Gasteiger charge is -2.10. The van der Waals surface area contributed by atoms with E-state index in [4.69, 9.17) is 15.6 Å². The molecule has 0 aromatic heterocycles. The van der Waals surface area contributed by atoms with Crippen LogP contribution >= 0.6 is 0 Å². The van der Waals surface area contributed by atoms with E-state index in [2.05, 4.69) is 0 Å². The van der Waals surface area contributed by atoms with Crippen molar-refractivity contribution in [2.45, 2.75) is 18.4 Å². The van der Waals surface area contributed by atoms with E-state index in [0.29, 0.717) is 6.29 Å². The van der Waals surface area contributed by atoms with Crippen LogP contribution in [0.3, 0.4) is 0 Å². The summed E-state index contributed by atoms with van der Waals surface area (Å²) >= 11 is 0. The van der Waals surface area contributed by atoms with Crippen LogP contribution in [0.2, 0.25) is 0 Å². The van der Waals surface area contributed by atoms with Gasteiger partial charge in [-0.15, -0.1) is 0 Å². The van der Waals surface area contributed by atoms with Gasteiger partial charge in [-0.2, -0.15) is 10.5 Å². The number of rotatable bonds is 3. The van der Waals surface area contributed by atoms with Gasteiger partial charge in [0.1, 0.15) is 6.29 Å². The van der Waals surface area contributed by atoms with Crippen molar-refractivity contribution in [1.29, 1.82) is 10.5 Å². The van der Waals surface area contributed by atoms with Gasteiger partial charge in [0.05, 0.1) is 18.6 Å². The van der Waals surface area contributed by atoms with E-state index in [0.717, 1.165) is 0 Å². The highest BCUT2D eigenvalue weighted by molar-refractivity contribution is 5.52. The second-order valence-corrected chi connectivity index (χ2v) is 1.85. The molecule has 52 valence electrons. The number of hydrogen-bond acceptors (Lipinski definition) is 4. The predicted octanol–water partition coefficient (Wildman–Crippen LogP) is -0.256. The first-order valence-corrected chi connectivity index (χ1v) is 2.63. The molecule has 0 radical (unpaired) electrons. The van der Waals surface area contributed by atoms with Crippen LogP contribution in [-0.4, -0.2) is 17.0 Å². The summed E-state index contributed by atoms with van der Waals surface area (Å²) in [4.78, 5) is 9.83. The Labute approximate surface area is 58.3 Å². The van der Waals surface area contributed by atoms with Crippen LogP contribution in [0.4, 0.5) is 0 Å². The zero-order valence-electron chi connectivity index (χ0n) is 5.24. The highest BCUT2D eigenvalue weighted by atomic mass is 16.3. The van der Waals surface area contributed by atoms with E-state index in [-0.39, 0.29) is 12.8 Å². The van der Waals surface area contributed by atoms with Crippen LogP contribution in [0, 0.1) is 22.7 Å². The Morgan fingerprint density at radius 1 is 1.60 bits per heavy atom. The third kappa shape index (κ3) is 2.25. The van der Waals surface area contributed by atoms with E-state index >= 15 is 0 Å². The van der Waals surface area contributed by atoms with Gasteiger partial charge in [0, 0.05) is 6.42 Å². The third-order valence-electron chi connectivity index (χ3n) is 1.00. The molecule has 0 aromatic rings. The lowest BCUT2D eigenvalue weighted by molar-refractivity contribution is -0.110. The molecule has 0 fully saturated rings. The first-order valence-electron chi connectivity index (χ1n) is 2.63. The van der Waals surface area contributed by atoms with Gasteiger partial charge >= 0.3 is 0 Å². The average molecular weight is 138 g/mol. The van der Waals surface area contributed by atoms with Gasteiger partial charge in [0.2, 0.25) is 0 Å². The van der Waals surface area contributed by atoms with Crippen molar-refractivity contribution in [3.8, 4) is 12.1 Å². The summed E-state index contributed by atoms with van der Waals surface area (Å²) in [5.41, 5.74) is -1.78. The molecular weight excluding hydrogens is 132 g/mol. The monoisotopic (exact) mass is 138 g/mol. The molecule has 0 aromatic carbocycles. The van der Waals surface area contributed by atoms with Crippen LogP contribution in [0.5, 0.6) is 0 Å². The molecule has 0 rings (SSSR count). The molecule has 0 heterocycles. The minimum atomic E-state index is -1.78. The third-order valence-corrected chi connectivity index (χ3v) is 1.00. The summed E-state index contributed by atoms with van der Waals surface area (Å²) in [6.45, 7) is 0. The average Bonchev–Trinajstić information content (AvgIpc) is 1.89. The molecule has 0 amide bonds. The molecule has 0 saturated carbocycles. The maximum Gasteiger partial charge on any atom is 0.170 e. The van der Waals surface area contributed by atoms with E-state index in [1.807, 2.05) is 0 Å². The van der Waals surface area contributed by atoms with Crippen molar-refractivity contribution in [3.63, 3.8) is 0 Å². The molecular formula is C6H6N2O2. The van der Waals surface area contributed by atoms with E-state index in [1.165, 1.54) is 6.07 Å². The Morgan fingerprint density at radius 2 is 2.20 bits per heavy atom. The first kappa shape index (κ1) is 8.61. The fraction of sp³-hybridized carbons (Fsp3) is 0.500. The molecule has 4 heteroatoms. The Morgan fingerprint density at radius 3 is 2.50 bits per heavy atom. The molecule has 0 bridgehead atoms. The number of nitriles is 2. The molecule has 0 aliphatic heterocycles. The number of hydrogen-bond donors (Lipinski definition) is 1. The highest BCUT2D eigenvalue weighted by Gasteiger charge is 2.25. The van der Waals surface area contributed by atoms with Crippen molar-refractivity contribution in [2.75, 3.05) is 0 Å². The molecule has 1 atom stereocenters. The lowest BCUT2D eigenvalue weighted by atomic mass is 10.00. The molecule has 0 spiro atoms. The zero-order valence-corrected chi connectivity index (χ0v) is 5.24. The highest BCUT2D eigenvalue weighted by Crippen LogP contribution is 2.10. The van der Waals surface area contributed by atoms with Crippen molar-refractivity contribution >= 4 is 6.29 Å². The molecule has 4 nitrogen and oxygen atoms in total. The van der Waals surface area contributed by atoms with Gasteiger partial charge < -0.3 is 9.90 Å². The maximum atomic E-state index is 9.83. The molecule has 0 saturated heterocycles. The Kier molecular flexibility index (Phi) is 3.10. The van der Waals surface area contributed by atoms with E-state index < -0.39 is 5.60 Å². The summed E-state index contributed by atoms with van der Waals surface area (Å²) in [7, 11) is 0. The number of nitrogens with zero attached hydrogens (tertiary/aromatic N) is 2. The quantitative estimate of drug-likeness (QED) is 0.430. The standard InChI is InChI=1S/C6H6N2O2/c7-3-1-6(10,5-8)2-4-9/h4,10H,1-2H2. The van der Waals surface area contributed by atoms with E-state index in [1.54, 1.807) is 6.07 Å². The summed E-state index contributed by atoms with van der Waals surface area (Å²) in [5.74, 6) is 0. The second-order valence-electron chi connectivity index (χ2n) is 1.85. The minimum Gasteiger partial charge on any atom is -0.374 e. The Balaban J connectivity index is 4.14. The Bertz CT molecular complexity index is 201. The maximum absolute atomic E-state index is 9.83. The van der Waals surface area contributed by atoms with Crippen molar-refractivity contribution in [3.05, 3.63) is 0 Å². The fourth-order valence-corrected chi connectivity index (χ4v) is 0.426. The zero-order chi connectivity index (χ0) is 8.04. The summed E-state index contributed by atoms with van der Waals surface area (Å²) < 4.78 is 0. The van der Waals surface area contributed by atoms with Crippen LogP contribution in [0.25, 0.3) is 0 Å². The molecule has 1 N–H and O–H groups in total. The summed E-state index contributed by atoms with van der Waals surface area (Å²) in [6, 6.07) is 3.09.